The van der Waals surface area contributed by atoms with Crippen molar-refractivity contribution in [2.75, 3.05) is 18.4 Å². The van der Waals surface area contributed by atoms with Gasteiger partial charge in [0.2, 0.25) is 0 Å². The Morgan fingerprint density at radius 1 is 1.07 bits per heavy atom. The van der Waals surface area contributed by atoms with Gasteiger partial charge in [-0.2, -0.15) is 0 Å². The van der Waals surface area contributed by atoms with Crippen molar-refractivity contribution >= 4 is 34.9 Å². The van der Waals surface area contributed by atoms with Crippen LogP contribution in [0.3, 0.4) is 0 Å². The first-order chi connectivity index (χ1) is 12.7. The van der Waals surface area contributed by atoms with Crippen LogP contribution < -0.4 is 16.4 Å². The van der Waals surface area contributed by atoms with E-state index in [4.69, 9.17) is 10.7 Å². The Labute approximate surface area is 164 Å². The van der Waals surface area contributed by atoms with Crippen LogP contribution in [0.25, 0.3) is 22.2 Å². The molecule has 6 heteroatoms. The number of anilines is 1. The van der Waals surface area contributed by atoms with Crippen LogP contribution in [0.4, 0.5) is 5.69 Å². The lowest BCUT2D eigenvalue weighted by molar-refractivity contribution is 0.100. The first-order valence-electron chi connectivity index (χ1n) is 8.98. The lowest BCUT2D eigenvalue weighted by Crippen LogP contribution is -2.35. The number of pyridine rings is 1. The Hall–Kier alpha value is -2.63. The number of hydrogen-bond acceptors (Lipinski definition) is 4. The predicted molar refractivity (Wildman–Crippen MR) is 112 cm³/mol. The number of primary amides is 1. The van der Waals surface area contributed by atoms with Gasteiger partial charge >= 0.3 is 0 Å². The van der Waals surface area contributed by atoms with Crippen molar-refractivity contribution in [1.82, 2.24) is 10.3 Å². The van der Waals surface area contributed by atoms with Crippen LogP contribution in [0.5, 0.6) is 0 Å². The van der Waals surface area contributed by atoms with Crippen LogP contribution >= 0.6 is 12.4 Å². The van der Waals surface area contributed by atoms with Gasteiger partial charge in [0.15, 0.2) is 0 Å². The van der Waals surface area contributed by atoms with E-state index in [-0.39, 0.29) is 12.4 Å². The van der Waals surface area contributed by atoms with Gasteiger partial charge in [-0.25, -0.2) is 4.98 Å². The minimum atomic E-state index is -0.463. The quantitative estimate of drug-likeness (QED) is 0.644. The van der Waals surface area contributed by atoms with Crippen molar-refractivity contribution in [3.05, 3.63) is 60.2 Å². The molecule has 1 fully saturated rings. The third kappa shape index (κ3) is 4.04. The molecule has 0 atom stereocenters. The number of halogens is 1. The second kappa shape index (κ2) is 8.37. The normalized spacial score (nSPS) is 14.5. The van der Waals surface area contributed by atoms with E-state index in [2.05, 4.69) is 10.6 Å². The monoisotopic (exact) mass is 382 g/mol. The van der Waals surface area contributed by atoms with E-state index in [0.717, 1.165) is 48.1 Å². The summed E-state index contributed by atoms with van der Waals surface area (Å²) < 4.78 is 0. The van der Waals surface area contributed by atoms with Crippen molar-refractivity contribution in [3.8, 4) is 11.3 Å². The summed E-state index contributed by atoms with van der Waals surface area (Å²) in [6.07, 6.45) is 2.16. The average Bonchev–Trinajstić information content (AvgIpc) is 2.69. The molecule has 3 aromatic rings. The van der Waals surface area contributed by atoms with E-state index >= 15 is 0 Å². The summed E-state index contributed by atoms with van der Waals surface area (Å²) in [6, 6.07) is 18.0. The Morgan fingerprint density at radius 2 is 1.81 bits per heavy atom. The zero-order valence-corrected chi connectivity index (χ0v) is 15.8. The number of nitrogens with one attached hydrogen (secondary N) is 2. The number of carbonyl (C=O) groups excluding carboxylic acids is 1. The molecule has 140 valence electrons. The van der Waals surface area contributed by atoms with Crippen LogP contribution in [0.1, 0.15) is 23.2 Å². The van der Waals surface area contributed by atoms with Crippen LogP contribution in [0, 0.1) is 0 Å². The highest BCUT2D eigenvalue weighted by molar-refractivity contribution is 6.04. The fourth-order valence-electron chi connectivity index (χ4n) is 3.51. The molecule has 1 amide bonds. The second-order valence-corrected chi connectivity index (χ2v) is 6.66. The molecule has 0 bridgehead atoms. The lowest BCUT2D eigenvalue weighted by Gasteiger charge is -2.25. The van der Waals surface area contributed by atoms with E-state index in [1.165, 1.54) is 0 Å². The van der Waals surface area contributed by atoms with Gasteiger partial charge in [0.1, 0.15) is 0 Å². The lowest BCUT2D eigenvalue weighted by atomic mass is 10.0. The molecular formula is C21H23ClN4O. The van der Waals surface area contributed by atoms with Crippen LogP contribution in [0.2, 0.25) is 0 Å². The second-order valence-electron chi connectivity index (χ2n) is 6.66. The molecule has 1 saturated heterocycles. The minimum absolute atomic E-state index is 0. The van der Waals surface area contributed by atoms with Crippen LogP contribution in [-0.2, 0) is 0 Å². The highest BCUT2D eigenvalue weighted by Gasteiger charge is 2.17. The average molecular weight is 383 g/mol. The van der Waals surface area contributed by atoms with Crippen molar-refractivity contribution in [2.45, 2.75) is 18.9 Å². The fourth-order valence-corrected chi connectivity index (χ4v) is 3.51. The van der Waals surface area contributed by atoms with E-state index in [9.17, 15) is 4.79 Å². The smallest absolute Gasteiger partial charge is 0.250 e. The number of rotatable bonds is 4. The minimum Gasteiger partial charge on any atom is -0.382 e. The Bertz CT molecular complexity index is 940. The van der Waals surface area contributed by atoms with Gasteiger partial charge in [0.05, 0.1) is 16.8 Å². The molecule has 27 heavy (non-hydrogen) atoms. The molecule has 0 radical (unpaired) electrons. The molecule has 0 spiro atoms. The number of carbonyl (C=O) groups is 1. The number of aromatic nitrogens is 1. The Kier molecular flexibility index (Phi) is 5.94. The number of nitrogens with zero attached hydrogens (tertiary/aromatic N) is 1. The van der Waals surface area contributed by atoms with Gasteiger partial charge in [-0.3, -0.25) is 4.79 Å². The summed E-state index contributed by atoms with van der Waals surface area (Å²) in [6.45, 7) is 2.04. The highest BCUT2D eigenvalue weighted by Crippen LogP contribution is 2.30. The van der Waals surface area contributed by atoms with Gasteiger partial charge in [0.25, 0.3) is 5.91 Å². The number of amides is 1. The molecule has 1 aliphatic heterocycles. The summed E-state index contributed by atoms with van der Waals surface area (Å²) in [4.78, 5) is 16.9. The van der Waals surface area contributed by atoms with E-state index in [1.54, 1.807) is 0 Å². The van der Waals surface area contributed by atoms with E-state index in [0.29, 0.717) is 17.3 Å². The maximum absolute atomic E-state index is 12.1. The maximum atomic E-state index is 12.1. The predicted octanol–water partition coefficient (Wildman–Crippen LogP) is 3.59. The van der Waals surface area contributed by atoms with Crippen molar-refractivity contribution in [1.29, 1.82) is 0 Å². The third-order valence-electron chi connectivity index (χ3n) is 4.87. The number of benzene rings is 2. The Morgan fingerprint density at radius 3 is 2.52 bits per heavy atom. The van der Waals surface area contributed by atoms with E-state index in [1.807, 2.05) is 54.6 Å². The number of nitrogens with two attached hydrogens (primary N) is 1. The molecular weight excluding hydrogens is 360 g/mol. The SMILES string of the molecule is Cl.NC(=O)c1cc2c(NC3CCNCC3)cccc2nc1-c1ccccc1. The van der Waals surface area contributed by atoms with E-state index < -0.39 is 5.91 Å². The van der Waals surface area contributed by atoms with Crippen molar-refractivity contribution in [2.24, 2.45) is 5.73 Å². The number of hydrogen-bond donors (Lipinski definition) is 3. The van der Waals surface area contributed by atoms with Crippen LogP contribution in [-0.4, -0.2) is 30.0 Å². The first-order valence-corrected chi connectivity index (χ1v) is 8.98. The van der Waals surface area contributed by atoms with Gasteiger partial charge in [-0.15, -0.1) is 12.4 Å². The summed E-state index contributed by atoms with van der Waals surface area (Å²) in [5.41, 5.74) is 9.49. The highest BCUT2D eigenvalue weighted by atomic mass is 35.5. The summed E-state index contributed by atoms with van der Waals surface area (Å²) in [5.74, 6) is -0.463. The van der Waals surface area contributed by atoms with Crippen molar-refractivity contribution in [3.63, 3.8) is 0 Å². The van der Waals surface area contributed by atoms with Crippen molar-refractivity contribution < 1.29 is 4.79 Å². The fraction of sp³-hybridized carbons (Fsp3) is 0.238. The zero-order valence-electron chi connectivity index (χ0n) is 14.9. The molecule has 2 heterocycles. The topological polar surface area (TPSA) is 80.0 Å². The zero-order chi connectivity index (χ0) is 17.9. The number of piperidine rings is 1. The largest absolute Gasteiger partial charge is 0.382 e. The standard InChI is InChI=1S/C21H22N4O.ClH/c22-21(26)17-13-16-18(24-15-9-11-23-12-10-15)7-4-8-19(16)25-20(17)14-5-2-1-3-6-14;/h1-8,13,15,23-24H,9-12H2,(H2,22,26);1H. The summed E-state index contributed by atoms with van der Waals surface area (Å²) >= 11 is 0. The number of fused-ring (bicyclic) bond motifs is 1. The summed E-state index contributed by atoms with van der Waals surface area (Å²) in [5, 5.41) is 7.92. The molecule has 4 N–H and O–H groups in total. The van der Waals surface area contributed by atoms with Gasteiger partial charge in [-0.05, 0) is 44.1 Å². The molecule has 1 aromatic heterocycles. The molecule has 0 saturated carbocycles. The molecule has 2 aromatic carbocycles. The molecule has 5 nitrogen and oxygen atoms in total. The van der Waals surface area contributed by atoms with Crippen LogP contribution in [0.15, 0.2) is 54.6 Å². The molecule has 1 aliphatic rings. The van der Waals surface area contributed by atoms with Gasteiger partial charge < -0.3 is 16.4 Å². The first kappa shape index (κ1) is 19.1. The van der Waals surface area contributed by atoms with Gasteiger partial charge in [-0.1, -0.05) is 36.4 Å². The summed E-state index contributed by atoms with van der Waals surface area (Å²) in [7, 11) is 0. The Balaban J connectivity index is 0.00000210. The third-order valence-corrected chi connectivity index (χ3v) is 4.87. The maximum Gasteiger partial charge on any atom is 0.250 e. The molecule has 0 unspecified atom stereocenters. The molecule has 4 rings (SSSR count). The molecule has 0 aliphatic carbocycles. The van der Waals surface area contributed by atoms with Gasteiger partial charge in [0, 0.05) is 22.7 Å².